The van der Waals surface area contributed by atoms with E-state index in [-0.39, 0.29) is 17.9 Å². The largest absolute Gasteiger partial charge is 0.347 e. The molecule has 1 N–H and O–H groups in total. The zero-order chi connectivity index (χ0) is 15.8. The molecule has 0 unspecified atom stereocenters. The van der Waals surface area contributed by atoms with Crippen LogP contribution in [0.2, 0.25) is 5.02 Å². The summed E-state index contributed by atoms with van der Waals surface area (Å²) in [5, 5.41) is 8.40. The summed E-state index contributed by atoms with van der Waals surface area (Å²) >= 11 is 6.34. The molecule has 4 nitrogen and oxygen atoms in total. The van der Waals surface area contributed by atoms with Crippen molar-refractivity contribution in [2.45, 2.75) is 18.5 Å². The molecule has 0 saturated carbocycles. The van der Waals surface area contributed by atoms with Crippen LogP contribution in [-0.4, -0.2) is 14.8 Å². The molecule has 3 aromatic rings. The average Bonchev–Trinajstić information content (AvgIpc) is 3.04. The number of hydrogen-bond donors (Lipinski definition) is 1. The highest BCUT2D eigenvalue weighted by Gasteiger charge is 2.30. The first kappa shape index (κ1) is 14.2. The van der Waals surface area contributed by atoms with E-state index in [1.54, 1.807) is 12.1 Å². The Morgan fingerprint density at radius 3 is 2.70 bits per heavy atom. The van der Waals surface area contributed by atoms with Crippen molar-refractivity contribution in [1.29, 1.82) is 0 Å². The Hall–Kier alpha value is -2.40. The number of fused-ring (bicyclic) bond motifs is 1. The second-order valence-corrected chi connectivity index (χ2v) is 5.96. The fourth-order valence-corrected chi connectivity index (χ4v) is 3.31. The Kier molecular flexibility index (Phi) is 3.50. The van der Waals surface area contributed by atoms with Crippen LogP contribution in [0.3, 0.4) is 0 Å². The number of hydrogen-bond acceptors (Lipinski definition) is 3. The summed E-state index contributed by atoms with van der Waals surface area (Å²) in [7, 11) is 0. The van der Waals surface area contributed by atoms with Gasteiger partial charge in [0, 0.05) is 5.02 Å². The number of nitrogens with one attached hydrogen (secondary N) is 1. The van der Waals surface area contributed by atoms with Crippen LogP contribution in [0.5, 0.6) is 0 Å². The number of halogens is 2. The van der Waals surface area contributed by atoms with Gasteiger partial charge in [-0.25, -0.2) is 9.07 Å². The minimum absolute atomic E-state index is 0.0179. The lowest BCUT2D eigenvalue weighted by molar-refractivity contribution is 0.430. The minimum atomic E-state index is -0.246. The van der Waals surface area contributed by atoms with E-state index in [1.807, 2.05) is 28.9 Å². The van der Waals surface area contributed by atoms with Crippen LogP contribution in [0.25, 0.3) is 0 Å². The molecule has 4 rings (SSSR count). The van der Waals surface area contributed by atoms with Crippen LogP contribution < -0.4 is 5.32 Å². The van der Waals surface area contributed by atoms with E-state index < -0.39 is 0 Å². The van der Waals surface area contributed by atoms with Crippen molar-refractivity contribution in [3.63, 3.8) is 0 Å². The maximum absolute atomic E-state index is 13.2. The van der Waals surface area contributed by atoms with Crippen LogP contribution in [0.1, 0.15) is 29.6 Å². The number of nitrogens with zero attached hydrogens (tertiary/aromatic N) is 3. The maximum atomic E-state index is 13.2. The summed E-state index contributed by atoms with van der Waals surface area (Å²) in [4.78, 5) is 4.28. The van der Waals surface area contributed by atoms with Gasteiger partial charge in [-0.1, -0.05) is 41.9 Å². The third-order valence-corrected chi connectivity index (χ3v) is 4.51. The Balaban J connectivity index is 1.75. The lowest BCUT2D eigenvalue weighted by atomic mass is 9.93. The molecule has 2 aromatic carbocycles. The van der Waals surface area contributed by atoms with Gasteiger partial charge in [-0.3, -0.25) is 0 Å². The fraction of sp³-hybridized carbons (Fsp3) is 0.176. The smallest absolute Gasteiger partial charge is 0.222 e. The zero-order valence-corrected chi connectivity index (χ0v) is 12.9. The van der Waals surface area contributed by atoms with Gasteiger partial charge >= 0.3 is 0 Å². The number of benzene rings is 2. The summed E-state index contributed by atoms with van der Waals surface area (Å²) in [5.41, 5.74) is 2.02. The molecule has 0 fully saturated rings. The van der Waals surface area contributed by atoms with Crippen molar-refractivity contribution in [3.05, 3.63) is 76.8 Å². The highest BCUT2D eigenvalue weighted by atomic mass is 35.5. The topological polar surface area (TPSA) is 42.7 Å². The van der Waals surface area contributed by atoms with E-state index in [0.29, 0.717) is 5.95 Å². The molecule has 2 heterocycles. The average molecular weight is 329 g/mol. The summed E-state index contributed by atoms with van der Waals surface area (Å²) in [6, 6.07) is 14.3. The van der Waals surface area contributed by atoms with E-state index in [0.717, 1.165) is 22.6 Å². The molecule has 0 radical (unpaired) electrons. The fourth-order valence-electron chi connectivity index (χ4n) is 3.04. The lowest BCUT2D eigenvalue weighted by Gasteiger charge is -2.32. The van der Waals surface area contributed by atoms with E-state index in [2.05, 4.69) is 15.4 Å². The summed E-state index contributed by atoms with van der Waals surface area (Å²) in [6.07, 6.45) is 2.28. The summed E-state index contributed by atoms with van der Waals surface area (Å²) < 4.78 is 15.1. The molecule has 23 heavy (non-hydrogen) atoms. The van der Waals surface area contributed by atoms with Gasteiger partial charge < -0.3 is 5.32 Å². The van der Waals surface area contributed by atoms with Crippen LogP contribution in [0.15, 0.2) is 54.9 Å². The van der Waals surface area contributed by atoms with Gasteiger partial charge in [0.1, 0.15) is 12.1 Å². The molecule has 1 aliphatic heterocycles. The summed E-state index contributed by atoms with van der Waals surface area (Å²) in [6.45, 7) is 0. The van der Waals surface area contributed by atoms with Gasteiger partial charge in [-0.05, 0) is 35.7 Å². The Morgan fingerprint density at radius 1 is 1.13 bits per heavy atom. The van der Waals surface area contributed by atoms with Gasteiger partial charge in [-0.2, -0.15) is 10.1 Å². The first-order valence-electron chi connectivity index (χ1n) is 7.38. The van der Waals surface area contributed by atoms with Crippen molar-refractivity contribution >= 4 is 17.5 Å². The van der Waals surface area contributed by atoms with Gasteiger partial charge in [0.05, 0.1) is 12.1 Å². The molecule has 0 amide bonds. The molecule has 6 heteroatoms. The predicted octanol–water partition coefficient (Wildman–Crippen LogP) is 4.22. The minimum Gasteiger partial charge on any atom is -0.347 e. The molecule has 116 valence electrons. The molecule has 1 aliphatic rings. The Labute approximate surface area is 137 Å². The molecule has 0 saturated heterocycles. The van der Waals surface area contributed by atoms with Crippen molar-refractivity contribution in [3.8, 4) is 0 Å². The quantitative estimate of drug-likeness (QED) is 0.766. The summed E-state index contributed by atoms with van der Waals surface area (Å²) in [5.74, 6) is 0.444. The zero-order valence-electron chi connectivity index (χ0n) is 12.2. The number of anilines is 1. The van der Waals surface area contributed by atoms with Gasteiger partial charge in [0.2, 0.25) is 5.95 Å². The lowest BCUT2D eigenvalue weighted by Crippen LogP contribution is -2.28. The van der Waals surface area contributed by atoms with E-state index in [4.69, 9.17) is 11.6 Å². The van der Waals surface area contributed by atoms with Crippen molar-refractivity contribution in [2.24, 2.45) is 0 Å². The van der Waals surface area contributed by atoms with E-state index in [9.17, 15) is 4.39 Å². The van der Waals surface area contributed by atoms with Crippen molar-refractivity contribution in [1.82, 2.24) is 14.8 Å². The van der Waals surface area contributed by atoms with Gasteiger partial charge in [0.25, 0.3) is 0 Å². The SMILES string of the molecule is Fc1ccc([C@H]2C[C@H](c3ccccc3Cl)Nc3ncnn32)cc1. The van der Waals surface area contributed by atoms with Crippen LogP contribution in [0, 0.1) is 5.82 Å². The first-order valence-corrected chi connectivity index (χ1v) is 7.76. The monoisotopic (exact) mass is 328 g/mol. The molecular formula is C17H14ClFN4. The number of aromatic nitrogens is 3. The van der Waals surface area contributed by atoms with E-state index in [1.165, 1.54) is 18.5 Å². The molecule has 0 bridgehead atoms. The number of rotatable bonds is 2. The molecule has 2 atom stereocenters. The standard InChI is InChI=1S/C17H14ClFN4/c18-14-4-2-1-3-13(14)15-9-16(11-5-7-12(19)8-6-11)23-17(22-15)20-10-21-23/h1-8,10,15-16H,9H2,(H,20,21,22)/t15-,16-/m1/s1. The third-order valence-electron chi connectivity index (χ3n) is 4.17. The first-order chi connectivity index (χ1) is 11.2. The Bertz CT molecular complexity index is 831. The van der Waals surface area contributed by atoms with Crippen molar-refractivity contribution in [2.75, 3.05) is 5.32 Å². The maximum Gasteiger partial charge on any atom is 0.222 e. The second-order valence-electron chi connectivity index (χ2n) is 5.55. The molecule has 0 aliphatic carbocycles. The van der Waals surface area contributed by atoms with Gasteiger partial charge in [0.15, 0.2) is 0 Å². The van der Waals surface area contributed by atoms with Crippen LogP contribution in [-0.2, 0) is 0 Å². The highest BCUT2D eigenvalue weighted by molar-refractivity contribution is 6.31. The van der Waals surface area contributed by atoms with Crippen LogP contribution >= 0.6 is 11.6 Å². The van der Waals surface area contributed by atoms with Gasteiger partial charge in [-0.15, -0.1) is 0 Å². The highest BCUT2D eigenvalue weighted by Crippen LogP contribution is 2.39. The molecular weight excluding hydrogens is 315 g/mol. The van der Waals surface area contributed by atoms with Crippen LogP contribution in [0.4, 0.5) is 10.3 Å². The molecule has 0 spiro atoms. The Morgan fingerprint density at radius 2 is 1.91 bits per heavy atom. The van der Waals surface area contributed by atoms with E-state index >= 15 is 0 Å². The normalized spacial score (nSPS) is 19.9. The third kappa shape index (κ3) is 2.57. The second kappa shape index (κ2) is 5.66. The molecule has 1 aromatic heterocycles. The predicted molar refractivity (Wildman–Crippen MR) is 87.0 cm³/mol. The van der Waals surface area contributed by atoms with Crippen molar-refractivity contribution < 1.29 is 4.39 Å².